The quantitative estimate of drug-likeness (QED) is 0.522. The average molecular weight is 282 g/mol. The van der Waals surface area contributed by atoms with Crippen molar-refractivity contribution in [3.63, 3.8) is 0 Å². The van der Waals surface area contributed by atoms with Gasteiger partial charge in [-0.3, -0.25) is 15.1 Å². The minimum atomic E-state index is -0.428. The Labute approximate surface area is 122 Å². The van der Waals surface area contributed by atoms with E-state index in [1.54, 1.807) is 42.5 Å². The summed E-state index contributed by atoms with van der Waals surface area (Å²) in [5.74, 6) is 0.102. The zero-order valence-electron chi connectivity index (χ0n) is 11.4. The van der Waals surface area contributed by atoms with Gasteiger partial charge in [0.05, 0.1) is 10.5 Å². The van der Waals surface area contributed by atoms with Gasteiger partial charge in [0.2, 0.25) is 0 Å². The molecular weight excluding hydrogens is 268 g/mol. The second-order valence-electron chi connectivity index (χ2n) is 4.45. The summed E-state index contributed by atoms with van der Waals surface area (Å²) in [7, 11) is 0. The molecule has 5 heteroatoms. The molecule has 106 valence electrons. The van der Waals surface area contributed by atoms with Crippen molar-refractivity contribution in [3.05, 3.63) is 69.8 Å². The van der Waals surface area contributed by atoms with Crippen molar-refractivity contribution in [1.82, 2.24) is 0 Å². The topological polar surface area (TPSA) is 75.7 Å². The molecule has 21 heavy (non-hydrogen) atoms. The summed E-state index contributed by atoms with van der Waals surface area (Å²) in [6.07, 6.45) is 4.69. The highest BCUT2D eigenvalue weighted by Gasteiger charge is 2.08. The first-order chi connectivity index (χ1) is 10.1. The van der Waals surface area contributed by atoms with Gasteiger partial charge in [-0.25, -0.2) is 0 Å². The average Bonchev–Trinajstić information content (AvgIpc) is 2.45. The number of nitro groups is 1. The minimum Gasteiger partial charge on any atom is -0.506 e. The van der Waals surface area contributed by atoms with Gasteiger partial charge in [0.15, 0.2) is 0 Å². The first kappa shape index (κ1) is 14.5. The van der Waals surface area contributed by atoms with Crippen LogP contribution in [0.15, 0.2) is 53.5 Å². The summed E-state index contributed by atoms with van der Waals surface area (Å²) in [6.45, 7) is 1.88. The summed E-state index contributed by atoms with van der Waals surface area (Å²) in [5.41, 5.74) is 1.94. The summed E-state index contributed by atoms with van der Waals surface area (Å²) in [6, 6.07) is 11.6. The number of aliphatic imine (C=N–C) groups is 1. The number of aryl methyl sites for hydroxylation is 1. The summed E-state index contributed by atoms with van der Waals surface area (Å²) in [5, 5.41) is 20.6. The maximum Gasteiger partial charge on any atom is 0.276 e. The van der Waals surface area contributed by atoms with Gasteiger partial charge in [-0.2, -0.15) is 0 Å². The first-order valence-corrected chi connectivity index (χ1v) is 6.31. The molecule has 0 aliphatic heterocycles. The number of para-hydroxylation sites is 1. The van der Waals surface area contributed by atoms with Gasteiger partial charge in [0.25, 0.3) is 5.69 Å². The van der Waals surface area contributed by atoms with Crippen molar-refractivity contribution in [2.24, 2.45) is 4.99 Å². The Kier molecular flexibility index (Phi) is 4.46. The summed E-state index contributed by atoms with van der Waals surface area (Å²) in [4.78, 5) is 14.5. The Hall–Kier alpha value is -2.95. The van der Waals surface area contributed by atoms with Crippen LogP contribution >= 0.6 is 0 Å². The van der Waals surface area contributed by atoms with E-state index >= 15 is 0 Å². The van der Waals surface area contributed by atoms with E-state index in [1.165, 1.54) is 12.3 Å². The Morgan fingerprint density at radius 3 is 2.71 bits per heavy atom. The molecule has 0 heterocycles. The standard InChI is InChI=1S/C16H14N2O3/c1-12-8-9-14(16(19)11-12)17-10-4-6-13-5-2-3-7-15(13)18(20)21/h2-11,19H,1H3/b6-4+,17-10?. The second-order valence-corrected chi connectivity index (χ2v) is 4.45. The number of nitrogens with zero attached hydrogens (tertiary/aromatic N) is 2. The number of rotatable bonds is 4. The molecule has 0 aliphatic carbocycles. The molecule has 0 radical (unpaired) electrons. The normalized spacial score (nSPS) is 11.3. The fraction of sp³-hybridized carbons (Fsp3) is 0.0625. The molecule has 2 rings (SSSR count). The van der Waals surface area contributed by atoms with Crippen LogP contribution in [0.4, 0.5) is 11.4 Å². The van der Waals surface area contributed by atoms with Gasteiger partial charge < -0.3 is 5.11 Å². The largest absolute Gasteiger partial charge is 0.506 e. The molecule has 0 saturated heterocycles. The highest BCUT2D eigenvalue weighted by Crippen LogP contribution is 2.26. The summed E-state index contributed by atoms with van der Waals surface area (Å²) >= 11 is 0. The lowest BCUT2D eigenvalue weighted by molar-refractivity contribution is -0.385. The highest BCUT2D eigenvalue weighted by molar-refractivity contribution is 5.82. The lowest BCUT2D eigenvalue weighted by atomic mass is 10.1. The molecule has 0 saturated carbocycles. The number of benzene rings is 2. The van der Waals surface area contributed by atoms with Crippen molar-refractivity contribution < 1.29 is 10.0 Å². The van der Waals surface area contributed by atoms with Gasteiger partial charge in [-0.15, -0.1) is 0 Å². The van der Waals surface area contributed by atoms with Crippen LogP contribution < -0.4 is 0 Å². The molecule has 0 amide bonds. The third kappa shape index (κ3) is 3.76. The number of phenols is 1. The van der Waals surface area contributed by atoms with Gasteiger partial charge in [0, 0.05) is 12.3 Å². The number of phenolic OH excluding ortho intramolecular Hbond substituents is 1. The second kappa shape index (κ2) is 6.47. The van der Waals surface area contributed by atoms with E-state index in [0.717, 1.165) is 5.56 Å². The number of nitro benzene ring substituents is 1. The Bertz CT molecular complexity index is 721. The zero-order valence-corrected chi connectivity index (χ0v) is 11.4. The molecule has 0 spiro atoms. The number of hydrogen-bond donors (Lipinski definition) is 1. The van der Waals surface area contributed by atoms with E-state index in [-0.39, 0.29) is 11.4 Å². The smallest absolute Gasteiger partial charge is 0.276 e. The fourth-order valence-electron chi connectivity index (χ4n) is 1.81. The van der Waals surface area contributed by atoms with Gasteiger partial charge in [-0.1, -0.05) is 18.2 Å². The van der Waals surface area contributed by atoms with E-state index in [9.17, 15) is 15.2 Å². The third-order valence-electron chi connectivity index (χ3n) is 2.84. The molecule has 0 aromatic heterocycles. The first-order valence-electron chi connectivity index (χ1n) is 6.31. The lowest BCUT2D eigenvalue weighted by Gasteiger charge is -1.98. The van der Waals surface area contributed by atoms with Crippen LogP contribution in [-0.2, 0) is 0 Å². The Morgan fingerprint density at radius 2 is 2.00 bits per heavy atom. The molecule has 0 unspecified atom stereocenters. The monoisotopic (exact) mass is 282 g/mol. The van der Waals surface area contributed by atoms with Crippen LogP contribution in [0.1, 0.15) is 11.1 Å². The van der Waals surface area contributed by atoms with E-state index in [4.69, 9.17) is 0 Å². The Morgan fingerprint density at radius 1 is 1.24 bits per heavy atom. The van der Waals surface area contributed by atoms with E-state index in [1.807, 2.05) is 13.0 Å². The SMILES string of the molecule is Cc1ccc(N=C/C=C/c2ccccc2[N+](=O)[O-])c(O)c1. The van der Waals surface area contributed by atoms with Crippen LogP contribution in [0.3, 0.4) is 0 Å². The molecule has 0 fully saturated rings. The predicted octanol–water partition coefficient (Wildman–Crippen LogP) is 4.02. The van der Waals surface area contributed by atoms with Crippen LogP contribution in [0.5, 0.6) is 5.75 Å². The molecule has 0 bridgehead atoms. The van der Waals surface area contributed by atoms with Gasteiger partial charge >= 0.3 is 0 Å². The van der Waals surface area contributed by atoms with Crippen molar-refractivity contribution in [2.75, 3.05) is 0 Å². The van der Waals surface area contributed by atoms with Crippen molar-refractivity contribution in [3.8, 4) is 5.75 Å². The molecule has 0 aliphatic rings. The van der Waals surface area contributed by atoms with Crippen LogP contribution in [0.2, 0.25) is 0 Å². The number of hydrogen-bond acceptors (Lipinski definition) is 4. The molecular formula is C16H14N2O3. The summed E-state index contributed by atoms with van der Waals surface area (Å²) < 4.78 is 0. The maximum absolute atomic E-state index is 10.9. The molecule has 0 atom stereocenters. The maximum atomic E-state index is 10.9. The number of allylic oxidation sites excluding steroid dienone is 1. The highest BCUT2D eigenvalue weighted by atomic mass is 16.6. The molecule has 1 N–H and O–H groups in total. The molecule has 5 nitrogen and oxygen atoms in total. The fourth-order valence-corrected chi connectivity index (χ4v) is 1.81. The van der Waals surface area contributed by atoms with Gasteiger partial charge in [0.1, 0.15) is 11.4 Å². The van der Waals surface area contributed by atoms with E-state index in [0.29, 0.717) is 11.3 Å². The lowest BCUT2D eigenvalue weighted by Crippen LogP contribution is -1.90. The Balaban J connectivity index is 2.16. The molecule has 2 aromatic carbocycles. The van der Waals surface area contributed by atoms with Crippen LogP contribution in [-0.4, -0.2) is 16.2 Å². The van der Waals surface area contributed by atoms with Gasteiger partial charge in [-0.05, 0) is 42.8 Å². The number of aromatic hydroxyl groups is 1. The zero-order chi connectivity index (χ0) is 15.2. The minimum absolute atomic E-state index is 0.0420. The van der Waals surface area contributed by atoms with Crippen molar-refractivity contribution in [1.29, 1.82) is 0 Å². The molecule has 2 aromatic rings. The van der Waals surface area contributed by atoms with E-state index < -0.39 is 4.92 Å². The van der Waals surface area contributed by atoms with Crippen molar-refractivity contribution >= 4 is 23.7 Å². The predicted molar refractivity (Wildman–Crippen MR) is 83.1 cm³/mol. The van der Waals surface area contributed by atoms with Crippen LogP contribution in [0.25, 0.3) is 6.08 Å². The van der Waals surface area contributed by atoms with E-state index in [2.05, 4.69) is 4.99 Å². The van der Waals surface area contributed by atoms with Crippen molar-refractivity contribution in [2.45, 2.75) is 6.92 Å². The van der Waals surface area contributed by atoms with Crippen LogP contribution in [0, 0.1) is 17.0 Å². The third-order valence-corrected chi connectivity index (χ3v) is 2.84.